The predicted molar refractivity (Wildman–Crippen MR) is 148 cm³/mol. The van der Waals surface area contributed by atoms with Crippen LogP contribution in [-0.2, 0) is 10.8 Å². The van der Waals surface area contributed by atoms with Crippen molar-refractivity contribution in [3.05, 3.63) is 113 Å². The number of ketones is 1. The fraction of sp³-hybridized carbons (Fsp3) is 0.242. The molecule has 0 N–H and O–H groups in total. The van der Waals surface area contributed by atoms with Gasteiger partial charge < -0.3 is 4.57 Å². The summed E-state index contributed by atoms with van der Waals surface area (Å²) in [6.07, 6.45) is 0. The van der Waals surface area contributed by atoms with E-state index >= 15 is 0 Å². The van der Waals surface area contributed by atoms with E-state index in [2.05, 4.69) is 88.6 Å². The molecule has 0 saturated carbocycles. The van der Waals surface area contributed by atoms with Gasteiger partial charge in [0.15, 0.2) is 5.78 Å². The summed E-state index contributed by atoms with van der Waals surface area (Å²) in [5, 5.41) is 2.50. The molecule has 2 nitrogen and oxygen atoms in total. The zero-order valence-corrected chi connectivity index (χ0v) is 21.5. The normalized spacial score (nSPS) is 12.4. The summed E-state index contributed by atoms with van der Waals surface area (Å²) in [4.78, 5) is 13.2. The molecule has 0 spiro atoms. The molecule has 1 heterocycles. The summed E-state index contributed by atoms with van der Waals surface area (Å²) in [6.45, 7) is 13.5. The van der Waals surface area contributed by atoms with E-state index in [0.717, 1.165) is 16.7 Å². The number of aromatic nitrogens is 1. The number of rotatable bonds is 3. The Bertz CT molecular complexity index is 1490. The molecule has 35 heavy (non-hydrogen) atoms. The highest BCUT2D eigenvalue weighted by Gasteiger charge is 2.21. The molecule has 0 saturated heterocycles. The smallest absolute Gasteiger partial charge is 0.193 e. The molecule has 0 atom stereocenters. The number of nitrogens with zero attached hydrogens (tertiary/aromatic N) is 1. The lowest BCUT2D eigenvalue weighted by atomic mass is 9.85. The fourth-order valence-corrected chi connectivity index (χ4v) is 4.78. The quantitative estimate of drug-likeness (QED) is 0.248. The molecule has 0 fully saturated rings. The summed E-state index contributed by atoms with van der Waals surface area (Å²) < 4.78 is 2.30. The molecule has 0 aliphatic carbocycles. The minimum absolute atomic E-state index is 0.0401. The van der Waals surface area contributed by atoms with Crippen molar-refractivity contribution in [2.75, 3.05) is 0 Å². The Balaban J connectivity index is 1.77. The van der Waals surface area contributed by atoms with Crippen LogP contribution in [0.5, 0.6) is 0 Å². The van der Waals surface area contributed by atoms with Crippen LogP contribution in [0.15, 0.2) is 91.0 Å². The Hall–Kier alpha value is -3.65. The third-order valence-electron chi connectivity index (χ3n) is 6.90. The fourth-order valence-electron chi connectivity index (χ4n) is 4.78. The molecule has 2 heteroatoms. The second-order valence-corrected chi connectivity index (χ2v) is 11.5. The molecular formula is C33H33NO. The van der Waals surface area contributed by atoms with Gasteiger partial charge in [-0.2, -0.15) is 0 Å². The Labute approximate surface area is 208 Å². The molecule has 0 unspecified atom stereocenters. The molecule has 176 valence electrons. The van der Waals surface area contributed by atoms with Crippen molar-refractivity contribution >= 4 is 27.6 Å². The van der Waals surface area contributed by atoms with Gasteiger partial charge in [0.2, 0.25) is 0 Å². The number of carbonyl (C=O) groups excluding carboxylic acids is 1. The lowest BCUT2D eigenvalue weighted by Crippen LogP contribution is -2.10. The maximum atomic E-state index is 13.2. The van der Waals surface area contributed by atoms with Gasteiger partial charge in [-0.3, -0.25) is 4.79 Å². The molecule has 0 bridgehead atoms. The number of fused-ring (bicyclic) bond motifs is 3. The minimum Gasteiger partial charge on any atom is -0.309 e. The van der Waals surface area contributed by atoms with Gasteiger partial charge in [-0.25, -0.2) is 0 Å². The van der Waals surface area contributed by atoms with Crippen LogP contribution in [0.4, 0.5) is 0 Å². The highest BCUT2D eigenvalue weighted by molar-refractivity contribution is 6.11. The number of carbonyl (C=O) groups is 1. The van der Waals surface area contributed by atoms with Crippen molar-refractivity contribution in [3.8, 4) is 5.69 Å². The Morgan fingerprint density at radius 2 is 1.09 bits per heavy atom. The maximum absolute atomic E-state index is 13.2. The van der Waals surface area contributed by atoms with Crippen LogP contribution in [0.2, 0.25) is 0 Å². The van der Waals surface area contributed by atoms with E-state index in [0.29, 0.717) is 11.1 Å². The number of hydrogen-bond acceptors (Lipinski definition) is 1. The van der Waals surface area contributed by atoms with Crippen molar-refractivity contribution < 1.29 is 4.79 Å². The van der Waals surface area contributed by atoms with E-state index in [1.165, 1.54) is 21.9 Å². The second kappa shape index (κ2) is 8.23. The van der Waals surface area contributed by atoms with Gasteiger partial charge in [-0.1, -0.05) is 96.1 Å². The molecular weight excluding hydrogens is 426 g/mol. The lowest BCUT2D eigenvalue weighted by molar-refractivity contribution is 0.103. The van der Waals surface area contributed by atoms with Crippen molar-refractivity contribution in [3.63, 3.8) is 0 Å². The van der Waals surface area contributed by atoms with E-state index in [1.807, 2.05) is 48.5 Å². The molecule has 5 rings (SSSR count). The van der Waals surface area contributed by atoms with Crippen molar-refractivity contribution in [1.29, 1.82) is 0 Å². The van der Waals surface area contributed by atoms with E-state index in [4.69, 9.17) is 0 Å². The van der Waals surface area contributed by atoms with Gasteiger partial charge in [0.05, 0.1) is 11.0 Å². The van der Waals surface area contributed by atoms with Gasteiger partial charge in [-0.15, -0.1) is 0 Å². The van der Waals surface area contributed by atoms with Gasteiger partial charge in [-0.05, 0) is 58.4 Å². The summed E-state index contributed by atoms with van der Waals surface area (Å²) in [7, 11) is 0. The average molecular weight is 460 g/mol. The molecule has 4 aromatic carbocycles. The minimum atomic E-state index is 0.0401. The highest BCUT2D eigenvalue weighted by Crippen LogP contribution is 2.37. The number of benzene rings is 4. The van der Waals surface area contributed by atoms with Crippen LogP contribution >= 0.6 is 0 Å². The van der Waals surface area contributed by atoms with Crippen molar-refractivity contribution in [2.45, 2.75) is 52.4 Å². The van der Waals surface area contributed by atoms with E-state index in [1.54, 1.807) is 0 Å². The van der Waals surface area contributed by atoms with E-state index in [-0.39, 0.29) is 16.6 Å². The Morgan fingerprint density at radius 1 is 0.571 bits per heavy atom. The van der Waals surface area contributed by atoms with Crippen LogP contribution in [0.1, 0.15) is 68.6 Å². The van der Waals surface area contributed by atoms with E-state index in [9.17, 15) is 4.79 Å². The summed E-state index contributed by atoms with van der Waals surface area (Å²) >= 11 is 0. The molecule has 1 aromatic heterocycles. The Morgan fingerprint density at radius 3 is 1.60 bits per heavy atom. The summed E-state index contributed by atoms with van der Waals surface area (Å²) in [6, 6.07) is 31.1. The van der Waals surface area contributed by atoms with Crippen LogP contribution in [0, 0.1) is 0 Å². The standard InChI is InChI=1S/C33H33NO/c1-32(2,3)24-15-17-29-27(20-24)28-21-25(33(4,5)6)16-18-30(28)34(29)26-14-10-13-23(19-26)31(35)22-11-8-7-9-12-22/h7-21H,1-6H3. The van der Waals surface area contributed by atoms with E-state index < -0.39 is 0 Å². The molecule has 0 radical (unpaired) electrons. The first-order chi connectivity index (χ1) is 16.5. The Kier molecular flexibility index (Phi) is 5.44. The average Bonchev–Trinajstić information content (AvgIpc) is 3.16. The van der Waals surface area contributed by atoms with Crippen LogP contribution in [0.25, 0.3) is 27.5 Å². The lowest BCUT2D eigenvalue weighted by Gasteiger charge is -2.19. The van der Waals surface area contributed by atoms with Gasteiger partial charge >= 0.3 is 0 Å². The molecule has 0 aliphatic heterocycles. The second-order valence-electron chi connectivity index (χ2n) is 11.5. The molecule has 0 amide bonds. The largest absolute Gasteiger partial charge is 0.309 e. The first-order valence-corrected chi connectivity index (χ1v) is 12.3. The predicted octanol–water partition coefficient (Wildman–Crippen LogP) is 8.61. The zero-order chi connectivity index (χ0) is 25.0. The monoisotopic (exact) mass is 459 g/mol. The van der Waals surface area contributed by atoms with Crippen molar-refractivity contribution in [2.24, 2.45) is 0 Å². The van der Waals surface area contributed by atoms with Gasteiger partial charge in [0.1, 0.15) is 0 Å². The van der Waals surface area contributed by atoms with Crippen LogP contribution in [0.3, 0.4) is 0 Å². The molecule has 0 aliphatic rings. The van der Waals surface area contributed by atoms with Crippen LogP contribution < -0.4 is 0 Å². The maximum Gasteiger partial charge on any atom is 0.193 e. The number of hydrogen-bond donors (Lipinski definition) is 0. The highest BCUT2D eigenvalue weighted by atomic mass is 16.1. The summed E-state index contributed by atoms with van der Waals surface area (Å²) in [5.74, 6) is 0.0401. The van der Waals surface area contributed by atoms with Gasteiger partial charge in [0.25, 0.3) is 0 Å². The molecule has 5 aromatic rings. The van der Waals surface area contributed by atoms with Crippen LogP contribution in [-0.4, -0.2) is 10.4 Å². The third kappa shape index (κ3) is 4.18. The topological polar surface area (TPSA) is 22.0 Å². The summed E-state index contributed by atoms with van der Waals surface area (Å²) in [5.41, 5.74) is 7.47. The first-order valence-electron chi connectivity index (χ1n) is 12.3. The zero-order valence-electron chi connectivity index (χ0n) is 21.5. The van der Waals surface area contributed by atoms with Crippen molar-refractivity contribution in [1.82, 2.24) is 4.57 Å². The first kappa shape index (κ1) is 23.1. The third-order valence-corrected chi connectivity index (χ3v) is 6.90. The SMILES string of the molecule is CC(C)(C)c1ccc2c(c1)c1cc(C(C)(C)C)ccc1n2-c1cccc(C(=O)c2ccccc2)c1. The van der Waals surface area contributed by atoms with Gasteiger partial charge in [0, 0.05) is 27.6 Å².